The molecule has 2 fully saturated rings. The summed E-state index contributed by atoms with van der Waals surface area (Å²) < 4.78 is 50.5. The molecule has 1 aliphatic heterocycles. The third-order valence-electron chi connectivity index (χ3n) is 5.54. The van der Waals surface area contributed by atoms with E-state index in [0.717, 1.165) is 0 Å². The van der Waals surface area contributed by atoms with Crippen LogP contribution in [0.5, 0.6) is 5.88 Å². The van der Waals surface area contributed by atoms with Crippen molar-refractivity contribution in [3.8, 4) is 16.7 Å². The summed E-state index contributed by atoms with van der Waals surface area (Å²) >= 11 is 1.24. The SMILES string of the molecule is COC(=O)N1CC(Oc2cc(CC3CCC(F)(F)CC3)nc(-c3nc(CF)cs3)n2)C1. The Kier molecular flexibility index (Phi) is 6.31. The van der Waals surface area contributed by atoms with Gasteiger partial charge in [0.15, 0.2) is 10.8 Å². The molecule has 0 spiro atoms. The van der Waals surface area contributed by atoms with Crippen molar-refractivity contribution < 1.29 is 27.4 Å². The monoisotopic (exact) mass is 456 g/mol. The number of carbonyl (C=O) groups excluding carboxylic acids is 1. The Balaban J connectivity index is 1.50. The fourth-order valence-electron chi connectivity index (χ4n) is 3.77. The first-order valence-electron chi connectivity index (χ1n) is 10.1. The van der Waals surface area contributed by atoms with Crippen molar-refractivity contribution in [1.29, 1.82) is 0 Å². The minimum absolute atomic E-state index is 0.103. The van der Waals surface area contributed by atoms with Gasteiger partial charge < -0.3 is 14.4 Å². The number of amides is 1. The summed E-state index contributed by atoms with van der Waals surface area (Å²) in [4.78, 5) is 26.2. The quantitative estimate of drug-likeness (QED) is 0.646. The smallest absolute Gasteiger partial charge is 0.409 e. The number of likely N-dealkylation sites (tertiary alicyclic amines) is 1. The number of rotatable bonds is 6. The van der Waals surface area contributed by atoms with Gasteiger partial charge in [0.2, 0.25) is 11.8 Å². The number of aromatic nitrogens is 3. The van der Waals surface area contributed by atoms with Crippen molar-refractivity contribution >= 4 is 17.4 Å². The van der Waals surface area contributed by atoms with Crippen LogP contribution in [0.15, 0.2) is 11.4 Å². The summed E-state index contributed by atoms with van der Waals surface area (Å²) in [5.41, 5.74) is 0.982. The number of ether oxygens (including phenoxy) is 2. The molecular formula is C20H23F3N4O3S. The molecule has 1 aliphatic carbocycles. The fraction of sp³-hybridized carbons (Fsp3) is 0.600. The van der Waals surface area contributed by atoms with Crippen molar-refractivity contribution in [3.05, 3.63) is 22.8 Å². The number of carbonyl (C=O) groups is 1. The maximum Gasteiger partial charge on any atom is 0.409 e. The lowest BCUT2D eigenvalue weighted by Gasteiger charge is -2.37. The van der Waals surface area contributed by atoms with E-state index in [1.165, 1.54) is 23.3 Å². The van der Waals surface area contributed by atoms with Crippen LogP contribution in [-0.4, -0.2) is 58.2 Å². The van der Waals surface area contributed by atoms with Crippen LogP contribution in [0.4, 0.5) is 18.0 Å². The topological polar surface area (TPSA) is 77.4 Å². The predicted molar refractivity (Wildman–Crippen MR) is 107 cm³/mol. The Labute approximate surface area is 181 Å². The van der Waals surface area contributed by atoms with Crippen LogP contribution in [0.2, 0.25) is 0 Å². The van der Waals surface area contributed by atoms with E-state index in [4.69, 9.17) is 4.74 Å². The molecule has 0 bridgehead atoms. The highest BCUT2D eigenvalue weighted by atomic mass is 32.1. The van der Waals surface area contributed by atoms with Gasteiger partial charge in [0, 0.05) is 30.0 Å². The van der Waals surface area contributed by atoms with Gasteiger partial charge in [0.1, 0.15) is 12.8 Å². The van der Waals surface area contributed by atoms with Crippen molar-refractivity contribution in [2.45, 2.75) is 50.8 Å². The molecule has 0 radical (unpaired) electrons. The Morgan fingerprint density at radius 3 is 2.61 bits per heavy atom. The molecule has 0 N–H and O–H groups in total. The zero-order chi connectivity index (χ0) is 22.0. The van der Waals surface area contributed by atoms with Crippen LogP contribution < -0.4 is 4.74 Å². The second-order valence-corrected chi connectivity index (χ2v) is 8.78. The summed E-state index contributed by atoms with van der Waals surface area (Å²) in [6.07, 6.45) is 0.515. The van der Waals surface area contributed by atoms with Crippen molar-refractivity contribution in [1.82, 2.24) is 19.9 Å². The molecule has 3 heterocycles. The molecule has 2 aliphatic rings. The zero-order valence-corrected chi connectivity index (χ0v) is 17.8. The fourth-order valence-corrected chi connectivity index (χ4v) is 4.50. The van der Waals surface area contributed by atoms with Gasteiger partial charge in [0.25, 0.3) is 0 Å². The second-order valence-electron chi connectivity index (χ2n) is 7.92. The molecular weight excluding hydrogens is 433 g/mol. The Hall–Kier alpha value is -2.43. The molecule has 0 unspecified atom stereocenters. The normalized spacial score (nSPS) is 19.2. The van der Waals surface area contributed by atoms with Gasteiger partial charge in [0.05, 0.1) is 25.9 Å². The highest BCUT2D eigenvalue weighted by Crippen LogP contribution is 2.37. The van der Waals surface area contributed by atoms with E-state index >= 15 is 0 Å². The molecule has 31 heavy (non-hydrogen) atoms. The Morgan fingerprint density at radius 1 is 1.23 bits per heavy atom. The Morgan fingerprint density at radius 2 is 1.97 bits per heavy atom. The van der Waals surface area contributed by atoms with Gasteiger partial charge in [-0.2, -0.15) is 4.98 Å². The number of halogens is 3. The summed E-state index contributed by atoms with van der Waals surface area (Å²) in [7, 11) is 1.32. The number of hydrogen-bond donors (Lipinski definition) is 0. The third-order valence-corrected chi connectivity index (χ3v) is 6.43. The standard InChI is InChI=1S/C20H23F3N4O3S/c1-29-19(28)27-9-15(10-27)30-16-7-13(6-12-2-4-20(22,23)5-3-12)24-17(26-16)18-25-14(8-21)11-31-18/h7,11-12,15H,2-6,8-10H2,1H3. The third kappa shape index (κ3) is 5.25. The number of alkyl halides is 3. The number of hydrogen-bond acceptors (Lipinski definition) is 7. The maximum absolute atomic E-state index is 13.5. The van der Waals surface area contributed by atoms with Crippen molar-refractivity contribution in [2.75, 3.05) is 20.2 Å². The Bertz CT molecular complexity index is 926. The molecule has 7 nitrogen and oxygen atoms in total. The molecule has 168 valence electrons. The van der Waals surface area contributed by atoms with Gasteiger partial charge in [-0.05, 0) is 25.2 Å². The average Bonchev–Trinajstić information content (AvgIpc) is 3.21. The lowest BCUT2D eigenvalue weighted by Crippen LogP contribution is -2.56. The van der Waals surface area contributed by atoms with Crippen molar-refractivity contribution in [2.24, 2.45) is 5.92 Å². The van der Waals surface area contributed by atoms with Crippen LogP contribution >= 0.6 is 11.3 Å². The van der Waals surface area contributed by atoms with Crippen LogP contribution in [0, 0.1) is 5.92 Å². The first-order valence-corrected chi connectivity index (χ1v) is 11.0. The van der Waals surface area contributed by atoms with Crippen LogP contribution in [-0.2, 0) is 17.8 Å². The average molecular weight is 456 g/mol. The van der Waals surface area contributed by atoms with Gasteiger partial charge in [-0.25, -0.2) is 27.9 Å². The lowest BCUT2D eigenvalue weighted by molar-refractivity contribution is -0.0457. The number of nitrogens with zero attached hydrogens (tertiary/aromatic N) is 4. The minimum atomic E-state index is -2.58. The molecule has 0 aromatic carbocycles. The lowest BCUT2D eigenvalue weighted by atomic mass is 9.84. The maximum atomic E-state index is 13.5. The van der Waals surface area contributed by atoms with Crippen LogP contribution in [0.25, 0.3) is 10.8 Å². The van der Waals surface area contributed by atoms with Crippen LogP contribution in [0.3, 0.4) is 0 Å². The molecule has 2 aromatic heterocycles. The predicted octanol–water partition coefficient (Wildman–Crippen LogP) is 4.27. The summed E-state index contributed by atoms with van der Waals surface area (Å²) in [6.45, 7) is 0.0753. The van der Waals surface area contributed by atoms with Gasteiger partial charge in [-0.3, -0.25) is 0 Å². The molecule has 1 saturated heterocycles. The molecule has 0 atom stereocenters. The van der Waals surface area contributed by atoms with E-state index in [2.05, 4.69) is 19.7 Å². The van der Waals surface area contributed by atoms with Gasteiger partial charge >= 0.3 is 6.09 Å². The number of thiazole rings is 1. The van der Waals surface area contributed by atoms with E-state index in [9.17, 15) is 18.0 Å². The highest BCUT2D eigenvalue weighted by molar-refractivity contribution is 7.13. The zero-order valence-electron chi connectivity index (χ0n) is 17.0. The van der Waals surface area contributed by atoms with E-state index < -0.39 is 18.7 Å². The van der Waals surface area contributed by atoms with Crippen LogP contribution in [0.1, 0.15) is 37.1 Å². The molecule has 2 aromatic rings. The largest absolute Gasteiger partial charge is 0.470 e. The molecule has 1 amide bonds. The summed E-state index contributed by atoms with van der Waals surface area (Å²) in [5, 5.41) is 2.08. The first kappa shape index (κ1) is 21.8. The summed E-state index contributed by atoms with van der Waals surface area (Å²) in [6, 6.07) is 1.71. The second kappa shape index (κ2) is 8.97. The summed E-state index contributed by atoms with van der Waals surface area (Å²) in [5.74, 6) is -1.83. The first-order chi connectivity index (χ1) is 14.8. The number of methoxy groups -OCH3 is 1. The molecule has 4 rings (SSSR count). The molecule has 1 saturated carbocycles. The van der Waals surface area contributed by atoms with Gasteiger partial charge in [-0.1, -0.05) is 0 Å². The van der Waals surface area contributed by atoms with E-state index in [0.29, 0.717) is 60.5 Å². The van der Waals surface area contributed by atoms with Crippen molar-refractivity contribution in [3.63, 3.8) is 0 Å². The highest BCUT2D eigenvalue weighted by Gasteiger charge is 2.36. The van der Waals surface area contributed by atoms with E-state index in [1.807, 2.05) is 0 Å². The minimum Gasteiger partial charge on any atom is -0.470 e. The van der Waals surface area contributed by atoms with Gasteiger partial charge in [-0.15, -0.1) is 11.3 Å². The molecule has 11 heteroatoms. The van der Waals surface area contributed by atoms with E-state index in [-0.39, 0.29) is 24.9 Å². The van der Waals surface area contributed by atoms with E-state index in [1.54, 1.807) is 11.4 Å².